The monoisotopic (exact) mass is 434 g/mol. The lowest BCUT2D eigenvalue weighted by atomic mass is 9.47. The largest absolute Gasteiger partial charge is 0.507 e. The van der Waals surface area contributed by atoms with Crippen LogP contribution in [0.4, 0.5) is 0 Å². The minimum Gasteiger partial charge on any atom is -0.507 e. The molecule has 0 aromatic rings. The van der Waals surface area contributed by atoms with E-state index in [1.165, 1.54) is 6.92 Å². The molecule has 1 saturated carbocycles. The summed E-state index contributed by atoms with van der Waals surface area (Å²) < 4.78 is 10.9. The zero-order valence-electron chi connectivity index (χ0n) is 19.3. The highest BCUT2D eigenvalue weighted by Gasteiger charge is 2.61. The predicted octanol–water partition coefficient (Wildman–Crippen LogP) is 3.06. The first kappa shape index (κ1) is 23.7. The summed E-state index contributed by atoms with van der Waals surface area (Å²) in [6, 6.07) is 0. The number of allylic oxidation sites excluding steroid dienone is 1. The van der Waals surface area contributed by atoms with Gasteiger partial charge < -0.3 is 19.7 Å². The van der Waals surface area contributed by atoms with Crippen LogP contribution < -0.4 is 0 Å². The Balaban J connectivity index is 2.24. The maximum absolute atomic E-state index is 13.5. The summed E-state index contributed by atoms with van der Waals surface area (Å²) >= 11 is 0. The lowest BCUT2D eigenvalue weighted by molar-refractivity contribution is -0.146. The minimum absolute atomic E-state index is 0.0842. The number of ether oxygens (including phenoxy) is 2. The average Bonchev–Trinajstić information content (AvgIpc) is 2.65. The van der Waals surface area contributed by atoms with Crippen molar-refractivity contribution in [2.24, 2.45) is 22.7 Å². The Labute approximate surface area is 183 Å². The van der Waals surface area contributed by atoms with Gasteiger partial charge in [-0.25, -0.2) is 0 Å². The number of carbonyl (C=O) groups is 3. The second-order valence-corrected chi connectivity index (χ2v) is 10.0. The zero-order valence-corrected chi connectivity index (χ0v) is 19.3. The summed E-state index contributed by atoms with van der Waals surface area (Å²) in [5.41, 5.74) is -0.611. The van der Waals surface area contributed by atoms with Crippen LogP contribution in [0.25, 0.3) is 0 Å². The summed E-state index contributed by atoms with van der Waals surface area (Å²) in [6.07, 6.45) is 0.529. The highest BCUT2D eigenvalue weighted by molar-refractivity contribution is 6.50. The maximum Gasteiger partial charge on any atom is 0.302 e. The smallest absolute Gasteiger partial charge is 0.302 e. The molecule has 0 aromatic heterocycles. The molecule has 0 aromatic carbocycles. The molecule has 7 heteroatoms. The van der Waals surface area contributed by atoms with Crippen molar-refractivity contribution < 1.29 is 34.1 Å². The van der Waals surface area contributed by atoms with Crippen LogP contribution in [0.3, 0.4) is 0 Å². The fourth-order valence-corrected chi connectivity index (χ4v) is 6.27. The first-order chi connectivity index (χ1) is 14.4. The van der Waals surface area contributed by atoms with Crippen LogP contribution in [0.2, 0.25) is 0 Å². The molecule has 172 valence electrons. The van der Waals surface area contributed by atoms with Gasteiger partial charge in [-0.05, 0) is 25.2 Å². The van der Waals surface area contributed by atoms with Crippen molar-refractivity contribution in [1.29, 1.82) is 0 Å². The Morgan fingerprint density at radius 2 is 1.84 bits per heavy atom. The van der Waals surface area contributed by atoms with Crippen LogP contribution in [0.1, 0.15) is 60.8 Å². The van der Waals surface area contributed by atoms with Crippen molar-refractivity contribution in [3.63, 3.8) is 0 Å². The average molecular weight is 435 g/mol. The molecular formula is C24H34O7. The van der Waals surface area contributed by atoms with Gasteiger partial charge in [-0.15, -0.1) is 0 Å². The van der Waals surface area contributed by atoms with Gasteiger partial charge in [-0.2, -0.15) is 0 Å². The molecule has 31 heavy (non-hydrogen) atoms. The van der Waals surface area contributed by atoms with Crippen molar-refractivity contribution in [3.8, 4) is 0 Å². The predicted molar refractivity (Wildman–Crippen MR) is 113 cm³/mol. The third-order valence-electron chi connectivity index (χ3n) is 7.39. The molecular weight excluding hydrogens is 400 g/mol. The third kappa shape index (κ3) is 3.65. The van der Waals surface area contributed by atoms with E-state index in [2.05, 4.69) is 13.8 Å². The van der Waals surface area contributed by atoms with E-state index in [4.69, 9.17) is 9.47 Å². The Kier molecular flexibility index (Phi) is 6.24. The molecule has 3 aliphatic rings. The van der Waals surface area contributed by atoms with Crippen molar-refractivity contribution in [3.05, 3.63) is 22.5 Å². The highest BCUT2D eigenvalue weighted by Crippen LogP contribution is 2.61. The number of hydrogen-bond donors (Lipinski definition) is 2. The number of carbonyl (C=O) groups excluding carboxylic acids is 3. The van der Waals surface area contributed by atoms with Gasteiger partial charge in [0.1, 0.15) is 11.9 Å². The second-order valence-electron chi connectivity index (χ2n) is 10.0. The van der Waals surface area contributed by atoms with Gasteiger partial charge in [0.05, 0.1) is 18.3 Å². The SMILES string of the molecule is CCO[C@H]1C2=C(C(=O)C(=O)C(C(C)COC(C)=O)=C2O)[C@@]2(C)CCCC(C)(C)C2[C@@H]1O. The lowest BCUT2D eigenvalue weighted by Gasteiger charge is -2.58. The zero-order chi connectivity index (χ0) is 23.3. The van der Waals surface area contributed by atoms with Crippen molar-refractivity contribution in [1.82, 2.24) is 0 Å². The van der Waals surface area contributed by atoms with E-state index < -0.39 is 41.1 Å². The third-order valence-corrected chi connectivity index (χ3v) is 7.39. The number of Topliss-reactive ketones (excluding diaryl/α,β-unsaturated/α-hetero) is 2. The normalized spacial score (nSPS) is 33.7. The van der Waals surface area contributed by atoms with Gasteiger partial charge >= 0.3 is 5.97 Å². The van der Waals surface area contributed by atoms with E-state index in [-0.39, 0.29) is 47.0 Å². The topological polar surface area (TPSA) is 110 Å². The van der Waals surface area contributed by atoms with E-state index in [9.17, 15) is 24.6 Å². The first-order valence-electron chi connectivity index (χ1n) is 11.1. The standard InChI is InChI=1S/C24H34O7/c1-7-30-21-15-16(24(6)10-8-9-23(4,5)22(24)20(21)29)19(28)18(27)14(17(15)26)12(2)11-31-13(3)25/h12,20-22,26,29H,7-11H2,1-6H3/t12?,20-,21+,22?,24-/m1/s1. The summed E-state index contributed by atoms with van der Waals surface area (Å²) in [6.45, 7) is 10.9. The van der Waals surface area contributed by atoms with Crippen molar-refractivity contribution in [2.45, 2.75) is 73.0 Å². The molecule has 2 N–H and O–H groups in total. The molecule has 0 bridgehead atoms. The van der Waals surface area contributed by atoms with Gasteiger partial charge in [0.25, 0.3) is 0 Å². The van der Waals surface area contributed by atoms with E-state index in [1.54, 1.807) is 13.8 Å². The minimum atomic E-state index is -0.938. The lowest BCUT2D eigenvalue weighted by Crippen LogP contribution is -2.60. The molecule has 3 rings (SSSR count). The van der Waals surface area contributed by atoms with Crippen LogP contribution in [-0.4, -0.2) is 53.2 Å². The molecule has 2 unspecified atom stereocenters. The molecule has 3 aliphatic carbocycles. The molecule has 0 aliphatic heterocycles. The van der Waals surface area contributed by atoms with Gasteiger partial charge in [-0.1, -0.05) is 34.1 Å². The van der Waals surface area contributed by atoms with E-state index in [0.717, 1.165) is 12.8 Å². The number of esters is 1. The van der Waals surface area contributed by atoms with Crippen LogP contribution in [0, 0.1) is 22.7 Å². The van der Waals surface area contributed by atoms with Gasteiger partial charge in [0.2, 0.25) is 11.6 Å². The summed E-state index contributed by atoms with van der Waals surface area (Å²) in [5.74, 6) is -3.23. The number of hydrogen-bond acceptors (Lipinski definition) is 7. The Bertz CT molecular complexity index is 865. The van der Waals surface area contributed by atoms with Crippen molar-refractivity contribution >= 4 is 17.5 Å². The quantitative estimate of drug-likeness (QED) is 0.389. The second kappa shape index (κ2) is 8.17. The number of aliphatic hydroxyl groups excluding tert-OH is 2. The Morgan fingerprint density at radius 3 is 2.42 bits per heavy atom. The summed E-state index contributed by atoms with van der Waals surface area (Å²) in [5, 5.41) is 22.7. The fourth-order valence-electron chi connectivity index (χ4n) is 6.27. The van der Waals surface area contributed by atoms with Crippen LogP contribution >= 0.6 is 0 Å². The molecule has 5 atom stereocenters. The molecule has 0 heterocycles. The fraction of sp³-hybridized carbons (Fsp3) is 0.708. The molecule has 0 saturated heterocycles. The molecule has 0 amide bonds. The van der Waals surface area contributed by atoms with Crippen LogP contribution in [0.5, 0.6) is 0 Å². The molecule has 0 radical (unpaired) electrons. The van der Waals surface area contributed by atoms with E-state index >= 15 is 0 Å². The number of rotatable bonds is 5. The van der Waals surface area contributed by atoms with Gasteiger partial charge in [0.15, 0.2) is 0 Å². The highest BCUT2D eigenvalue weighted by atomic mass is 16.5. The van der Waals surface area contributed by atoms with Crippen molar-refractivity contribution in [2.75, 3.05) is 13.2 Å². The molecule has 1 fully saturated rings. The first-order valence-corrected chi connectivity index (χ1v) is 11.1. The molecule has 0 spiro atoms. The van der Waals surface area contributed by atoms with Crippen LogP contribution in [0.15, 0.2) is 22.5 Å². The van der Waals surface area contributed by atoms with Gasteiger partial charge in [-0.3, -0.25) is 14.4 Å². The van der Waals surface area contributed by atoms with E-state index in [1.807, 2.05) is 6.92 Å². The summed E-state index contributed by atoms with van der Waals surface area (Å²) in [7, 11) is 0. The number of fused-ring (bicyclic) bond motifs is 2. The summed E-state index contributed by atoms with van der Waals surface area (Å²) in [4.78, 5) is 37.9. The van der Waals surface area contributed by atoms with Crippen LogP contribution in [-0.2, 0) is 23.9 Å². The number of aliphatic hydroxyl groups is 2. The Hall–Kier alpha value is -1.99. The number of ketones is 2. The molecule has 7 nitrogen and oxygen atoms in total. The Morgan fingerprint density at radius 1 is 1.19 bits per heavy atom. The maximum atomic E-state index is 13.5. The van der Waals surface area contributed by atoms with E-state index in [0.29, 0.717) is 6.42 Å². The van der Waals surface area contributed by atoms with Gasteiger partial charge in [0, 0.05) is 41.9 Å².